The van der Waals surface area contributed by atoms with E-state index in [1.165, 1.54) is 48.8 Å². The number of fused-ring (bicyclic) bond motifs is 3. The summed E-state index contributed by atoms with van der Waals surface area (Å²) in [6, 6.07) is 5.13. The quantitative estimate of drug-likeness (QED) is 0.108. The summed E-state index contributed by atoms with van der Waals surface area (Å²) in [5.74, 6) is 2.14. The molecule has 0 spiro atoms. The van der Waals surface area contributed by atoms with E-state index < -0.39 is 44.7 Å². The number of nitrogens with one attached hydrogen (secondary N) is 2. The van der Waals surface area contributed by atoms with Gasteiger partial charge in [0.05, 0.1) is 67.0 Å². The first-order valence-electron chi connectivity index (χ1n) is 23.2. The van der Waals surface area contributed by atoms with Crippen LogP contribution in [0.4, 0.5) is 26.7 Å². The van der Waals surface area contributed by atoms with Crippen LogP contribution in [0.1, 0.15) is 116 Å². The van der Waals surface area contributed by atoms with Crippen LogP contribution in [0.2, 0.25) is 30.1 Å². The molecule has 3 aliphatic heterocycles. The van der Waals surface area contributed by atoms with E-state index in [-0.39, 0.29) is 34.0 Å². The monoisotopic (exact) mass is 1140 g/mol. The molecular weight excluding hydrogens is 1080 g/mol. The van der Waals surface area contributed by atoms with E-state index >= 15 is 0 Å². The van der Waals surface area contributed by atoms with Gasteiger partial charge in [-0.1, -0.05) is 105 Å². The number of hydrogen-bond donors (Lipinski definition) is 5. The van der Waals surface area contributed by atoms with E-state index in [2.05, 4.69) is 26.6 Å². The van der Waals surface area contributed by atoms with Crippen molar-refractivity contribution in [2.75, 3.05) is 34.0 Å². The number of ether oxygens (including phenoxy) is 2. The van der Waals surface area contributed by atoms with Crippen molar-refractivity contribution in [1.29, 1.82) is 0 Å². The maximum Gasteiger partial charge on any atom is 0.493 e. The molecule has 0 bridgehead atoms. The molecule has 0 radical (unpaired) electrons. The molecule has 376 valence electrons. The minimum absolute atomic E-state index is 0.156. The first-order chi connectivity index (χ1) is 32.5. The van der Waals surface area contributed by atoms with Crippen molar-refractivity contribution in [2.45, 2.75) is 130 Å². The van der Waals surface area contributed by atoms with Gasteiger partial charge >= 0.3 is 33.5 Å². The molecule has 23 heteroatoms. The van der Waals surface area contributed by atoms with Gasteiger partial charge in [-0.2, -0.15) is 0 Å². The number of carbonyl (C=O) groups excluding carboxylic acids is 2. The summed E-state index contributed by atoms with van der Waals surface area (Å²) in [4.78, 5) is 26.1. The van der Waals surface area contributed by atoms with Crippen LogP contribution in [-0.2, 0) is 43.3 Å². The summed E-state index contributed by atoms with van der Waals surface area (Å²) < 4.78 is 26.1. The predicted molar refractivity (Wildman–Crippen MR) is 284 cm³/mol. The van der Waals surface area contributed by atoms with Gasteiger partial charge in [-0.15, -0.1) is 0 Å². The average molecular weight is 1140 g/mol. The Hall–Kier alpha value is -1.83. The Balaban J connectivity index is 0.000000162. The third-order valence-electron chi connectivity index (χ3n) is 12.3. The van der Waals surface area contributed by atoms with Gasteiger partial charge in [-0.05, 0) is 133 Å². The van der Waals surface area contributed by atoms with Crippen LogP contribution in [0.3, 0.4) is 0 Å². The topological polar surface area (TPSA) is 168 Å². The summed E-state index contributed by atoms with van der Waals surface area (Å²) in [5.41, 5.74) is 3.87. The summed E-state index contributed by atoms with van der Waals surface area (Å²) in [5, 5.41) is 38.6. The summed E-state index contributed by atoms with van der Waals surface area (Å²) in [6.07, 6.45) is 10.3. The maximum absolute atomic E-state index is 12.8. The second kappa shape index (κ2) is 24.5. The highest BCUT2D eigenvalue weighted by Gasteiger charge is 2.38. The largest absolute Gasteiger partial charge is 0.493 e. The van der Waals surface area contributed by atoms with Gasteiger partial charge in [0, 0.05) is 34.8 Å². The Bertz CT molecular complexity index is 2330. The summed E-state index contributed by atoms with van der Waals surface area (Å²) in [7, 11) is -3.16. The van der Waals surface area contributed by atoms with Gasteiger partial charge < -0.3 is 43.8 Å². The first-order valence-corrected chi connectivity index (χ1v) is 26.6. The molecule has 69 heavy (non-hydrogen) atoms. The molecule has 3 aromatic rings. The van der Waals surface area contributed by atoms with Crippen molar-refractivity contribution in [1.82, 2.24) is 0 Å². The molecule has 0 aromatic heterocycles. The van der Waals surface area contributed by atoms with Crippen LogP contribution in [0.25, 0.3) is 0 Å². The van der Waals surface area contributed by atoms with Crippen molar-refractivity contribution in [2.24, 2.45) is 17.8 Å². The highest BCUT2D eigenvalue weighted by atomic mass is 79.9. The highest BCUT2D eigenvalue weighted by Crippen LogP contribution is 2.40. The van der Waals surface area contributed by atoms with Crippen LogP contribution in [-0.4, -0.2) is 78.2 Å². The van der Waals surface area contributed by atoms with Crippen molar-refractivity contribution in [3.8, 4) is 0 Å². The lowest BCUT2D eigenvalue weighted by Gasteiger charge is -2.34. The van der Waals surface area contributed by atoms with Crippen LogP contribution >= 0.6 is 85.5 Å². The number of halogens is 7. The number of benzene rings is 3. The van der Waals surface area contributed by atoms with Gasteiger partial charge in [0.1, 0.15) is 11.2 Å². The first kappa shape index (κ1) is 56.5. The number of alkyl halides is 1. The zero-order valence-corrected chi connectivity index (χ0v) is 45.7. The Labute approximate surface area is 444 Å². The molecule has 3 heterocycles. The Morgan fingerprint density at radius 2 is 1.07 bits per heavy atom. The minimum Gasteiger partial charge on any atom is -0.444 e. The molecule has 3 aliphatic carbocycles. The maximum atomic E-state index is 12.8. The van der Waals surface area contributed by atoms with Gasteiger partial charge in [-0.25, -0.2) is 9.59 Å². The summed E-state index contributed by atoms with van der Waals surface area (Å²) >= 11 is 41.2. The standard InChI is InChI=1S/C17H22BCl2NO4.C12H14BCl2NO4.C12H14BCl2NO2.C5H9Br/c1-17(2,3)25-16(22)21(8-10-5-4-6-10)15-12(19)7-11-9-24-18(23)13(11)14(15)20;1-12(2,3)20-11(17)16-10-7(14)4-6-5-19-13(18)8(6)9(10)15;14-9-4-8-6-18-13(17)10(8)11(15)12(9)16-5-7-2-1-3-7;6-4-5-2-1-3-5/h7,10,23H,4-6,8-9H2,1-3H3;4,18H,5H2,1-3H3,(H,16,17);4,7,16-17H,1-3,5-6H2;5H,1-4H2. The third kappa shape index (κ3) is 14.7. The fourth-order valence-corrected chi connectivity index (χ4v) is 10.8. The molecule has 3 fully saturated rings. The van der Waals surface area contributed by atoms with Crippen molar-refractivity contribution in [3.63, 3.8) is 0 Å². The lowest BCUT2D eigenvalue weighted by Crippen LogP contribution is -2.42. The fourth-order valence-electron chi connectivity index (χ4n) is 7.98. The van der Waals surface area contributed by atoms with Crippen molar-refractivity contribution >= 4 is 153 Å². The lowest BCUT2D eigenvalue weighted by atomic mass is 9.79. The van der Waals surface area contributed by atoms with Crippen LogP contribution in [0, 0.1) is 17.8 Å². The number of nitrogens with zero attached hydrogens (tertiary/aromatic N) is 1. The van der Waals surface area contributed by atoms with E-state index in [0.29, 0.717) is 73.4 Å². The van der Waals surface area contributed by atoms with E-state index in [4.69, 9.17) is 93.0 Å². The smallest absolute Gasteiger partial charge is 0.444 e. The van der Waals surface area contributed by atoms with E-state index in [0.717, 1.165) is 42.9 Å². The average Bonchev–Trinajstić information content (AvgIpc) is 3.88. The van der Waals surface area contributed by atoms with Crippen LogP contribution in [0.5, 0.6) is 0 Å². The number of hydrogen-bond acceptors (Lipinski definition) is 11. The molecule has 0 saturated heterocycles. The van der Waals surface area contributed by atoms with Gasteiger partial charge in [0.2, 0.25) is 0 Å². The number of carbonyl (C=O) groups is 2. The zero-order valence-electron chi connectivity index (χ0n) is 39.6. The third-order valence-corrected chi connectivity index (χ3v) is 15.3. The molecule has 9 rings (SSSR count). The molecule has 0 atom stereocenters. The normalized spacial score (nSPS) is 17.3. The van der Waals surface area contributed by atoms with E-state index in [9.17, 15) is 24.7 Å². The second-order valence-electron chi connectivity index (χ2n) is 20.0. The zero-order chi connectivity index (χ0) is 50.5. The Morgan fingerprint density at radius 3 is 1.48 bits per heavy atom. The van der Waals surface area contributed by atoms with Gasteiger partial charge in [0.25, 0.3) is 0 Å². The SMILES string of the molecule is BrCC1CCC1.CC(C)(C)OC(=O)N(CC1CCC1)c1c(Cl)cc2c(c1Cl)B(O)OC2.CC(C)(C)OC(=O)Nc1c(Cl)cc2c(c1Cl)B(O)OC2.OB1OCc2cc(Cl)c(NCC3CCC3)c(Cl)c21. The lowest BCUT2D eigenvalue weighted by molar-refractivity contribution is 0.0567. The highest BCUT2D eigenvalue weighted by molar-refractivity contribution is 9.09. The minimum atomic E-state index is -1.12. The van der Waals surface area contributed by atoms with Crippen LogP contribution < -0.4 is 31.9 Å². The molecule has 13 nitrogen and oxygen atoms in total. The molecule has 0 unspecified atom stereocenters. The molecule has 2 amide bonds. The van der Waals surface area contributed by atoms with Gasteiger partial charge in [-0.3, -0.25) is 10.2 Å². The van der Waals surface area contributed by atoms with E-state index in [1.807, 2.05) is 26.8 Å². The number of amides is 2. The Morgan fingerprint density at radius 1 is 0.652 bits per heavy atom. The second-order valence-corrected chi connectivity index (χ2v) is 23.0. The number of rotatable bonds is 8. The van der Waals surface area contributed by atoms with Gasteiger partial charge in [0.15, 0.2) is 0 Å². The molecule has 6 aliphatic rings. The summed E-state index contributed by atoms with van der Waals surface area (Å²) in [6.45, 7) is 12.9. The molecule has 3 saturated carbocycles. The Kier molecular flexibility index (Phi) is 20.0. The van der Waals surface area contributed by atoms with Crippen LogP contribution in [0.15, 0.2) is 18.2 Å². The fraction of sp³-hybridized carbons (Fsp3) is 0.565. The van der Waals surface area contributed by atoms with Crippen molar-refractivity contribution in [3.05, 3.63) is 65.0 Å². The van der Waals surface area contributed by atoms with Crippen molar-refractivity contribution < 1.29 is 48.1 Å². The predicted octanol–water partition coefficient (Wildman–Crippen LogP) is 10.9. The van der Waals surface area contributed by atoms with E-state index in [1.54, 1.807) is 32.9 Å². The molecule has 5 N–H and O–H groups in total. The number of anilines is 3. The molecule has 3 aromatic carbocycles. The molecular formula is C46H59B3BrCl6N3O10.